The molecule has 0 saturated carbocycles. The molecule has 2 rings (SSSR count). The number of carboxylic acids is 1. The van der Waals surface area contributed by atoms with E-state index in [1.54, 1.807) is 13.0 Å². The summed E-state index contributed by atoms with van der Waals surface area (Å²) in [5.41, 5.74) is 13.7. The molecule has 1 aromatic rings. The number of nitrogens with one attached hydrogen (secondary N) is 3. The number of amides is 3. The average molecular weight is 780 g/mol. The summed E-state index contributed by atoms with van der Waals surface area (Å²) >= 11 is 0. The van der Waals surface area contributed by atoms with Gasteiger partial charge in [0.25, 0.3) is 17.7 Å². The summed E-state index contributed by atoms with van der Waals surface area (Å²) in [6.07, 6.45) is 11.3. The number of benzene rings is 1. The van der Waals surface area contributed by atoms with Crippen LogP contribution in [0.4, 0.5) is 0 Å². The van der Waals surface area contributed by atoms with Gasteiger partial charge in [-0.05, 0) is 80.1 Å². The Morgan fingerprint density at radius 3 is 2.41 bits per heavy atom. The van der Waals surface area contributed by atoms with Crippen LogP contribution in [0.1, 0.15) is 73.3 Å². The fourth-order valence-corrected chi connectivity index (χ4v) is 5.78. The normalized spacial score (nSPS) is 17.3. The van der Waals surface area contributed by atoms with Crippen LogP contribution in [0.25, 0.3) is 0 Å². The van der Waals surface area contributed by atoms with E-state index in [0.717, 1.165) is 40.5 Å². The van der Waals surface area contributed by atoms with Crippen LogP contribution < -0.4 is 21.8 Å². The number of carbonyl (C=O) groups is 4. The van der Waals surface area contributed by atoms with Gasteiger partial charge in [-0.1, -0.05) is 99.1 Å². The Hall–Kier alpha value is -4.89. The molecule has 0 aromatic heterocycles. The molecule has 14 heteroatoms. The number of hydrogen-bond donors (Lipinski definition) is 6. The standard InChI is InChI=1S/C42H61N5O9/c1-28(2)24-36(45-41(53)39(51)34(43)26-32-14-9-8-10-15-32)40(52)47-55-23-22-54-21-20-44-37(48)27-56-46-35-18-19-42(6,7)33(31(35)5)17-16-29(3)12-11-13-30(4)25-38(49)50/h8-17,25,28,34,36,39,51H,18-24,26-27,43H2,1-7H3,(H,44,48)(H,45,53)(H,47,52)(H,49,50). The van der Waals surface area contributed by atoms with Gasteiger partial charge in [-0.3, -0.25) is 19.2 Å². The highest BCUT2D eigenvalue weighted by atomic mass is 16.7. The van der Waals surface area contributed by atoms with E-state index in [9.17, 15) is 24.3 Å². The first-order chi connectivity index (χ1) is 26.5. The van der Waals surface area contributed by atoms with E-state index in [1.165, 1.54) is 0 Å². The lowest BCUT2D eigenvalue weighted by Gasteiger charge is -2.33. The molecule has 0 fully saturated rings. The Kier molecular flexibility index (Phi) is 20.8. The van der Waals surface area contributed by atoms with Gasteiger partial charge in [0.05, 0.1) is 25.5 Å². The minimum Gasteiger partial charge on any atom is -0.478 e. The van der Waals surface area contributed by atoms with E-state index in [0.29, 0.717) is 24.8 Å². The molecular weight excluding hydrogens is 718 g/mol. The maximum absolute atomic E-state index is 12.8. The quantitative estimate of drug-likeness (QED) is 0.0403. The summed E-state index contributed by atoms with van der Waals surface area (Å²) in [4.78, 5) is 59.3. The van der Waals surface area contributed by atoms with Gasteiger partial charge in [-0.2, -0.15) is 0 Å². The van der Waals surface area contributed by atoms with E-state index < -0.39 is 36.0 Å². The number of hydroxylamine groups is 1. The fraction of sp³-hybridized carbons (Fsp3) is 0.500. The predicted molar refractivity (Wildman–Crippen MR) is 216 cm³/mol. The first kappa shape index (κ1) is 47.3. The van der Waals surface area contributed by atoms with Crippen molar-refractivity contribution in [1.29, 1.82) is 0 Å². The molecule has 7 N–H and O–H groups in total. The van der Waals surface area contributed by atoms with Crippen molar-refractivity contribution < 1.29 is 43.8 Å². The second kappa shape index (κ2) is 24.6. The average Bonchev–Trinajstić information content (AvgIpc) is 3.12. The van der Waals surface area contributed by atoms with Crippen molar-refractivity contribution in [2.45, 2.75) is 92.3 Å². The zero-order valence-electron chi connectivity index (χ0n) is 33.8. The Balaban J connectivity index is 1.73. The highest BCUT2D eigenvalue weighted by Gasteiger charge is 2.31. The molecule has 56 heavy (non-hydrogen) atoms. The number of nitrogens with zero attached hydrogens (tertiary/aromatic N) is 1. The number of carbonyl (C=O) groups excluding carboxylic acids is 3. The second-order valence-corrected chi connectivity index (χ2v) is 14.8. The number of aliphatic carboxylic acids is 1. The maximum Gasteiger partial charge on any atom is 0.328 e. The molecule has 0 aliphatic heterocycles. The van der Waals surface area contributed by atoms with E-state index in [4.69, 9.17) is 25.3 Å². The molecule has 1 aliphatic carbocycles. The Morgan fingerprint density at radius 1 is 1.02 bits per heavy atom. The van der Waals surface area contributed by atoms with Crippen molar-refractivity contribution in [1.82, 2.24) is 16.1 Å². The van der Waals surface area contributed by atoms with Gasteiger partial charge in [-0.15, -0.1) is 0 Å². The molecule has 0 heterocycles. The zero-order valence-corrected chi connectivity index (χ0v) is 33.8. The zero-order chi connectivity index (χ0) is 41.7. The lowest BCUT2D eigenvalue weighted by atomic mass is 9.72. The van der Waals surface area contributed by atoms with Crippen molar-refractivity contribution in [2.75, 3.05) is 33.0 Å². The smallest absolute Gasteiger partial charge is 0.328 e. The number of rotatable bonds is 23. The van der Waals surface area contributed by atoms with Crippen LogP contribution in [-0.2, 0) is 40.0 Å². The van der Waals surface area contributed by atoms with Gasteiger partial charge in [0.15, 0.2) is 6.61 Å². The lowest BCUT2D eigenvalue weighted by Crippen LogP contribution is -2.54. The number of allylic oxidation sites excluding steroid dienone is 9. The van der Waals surface area contributed by atoms with Gasteiger partial charge in [0, 0.05) is 18.7 Å². The van der Waals surface area contributed by atoms with Crippen molar-refractivity contribution in [3.63, 3.8) is 0 Å². The number of aliphatic hydroxyl groups is 1. The van der Waals surface area contributed by atoms with Crippen molar-refractivity contribution in [2.24, 2.45) is 22.2 Å². The molecule has 0 spiro atoms. The fourth-order valence-electron chi connectivity index (χ4n) is 5.78. The number of carboxylic acid groups (broad SMARTS) is 1. The summed E-state index contributed by atoms with van der Waals surface area (Å²) < 4.78 is 5.47. The van der Waals surface area contributed by atoms with E-state index in [1.807, 2.05) is 76.3 Å². The molecule has 0 bridgehead atoms. The molecule has 0 saturated heterocycles. The van der Waals surface area contributed by atoms with Crippen LogP contribution in [0.15, 0.2) is 94.2 Å². The Labute approximate surface area is 330 Å². The number of oxime groups is 1. The van der Waals surface area contributed by atoms with Gasteiger partial charge < -0.3 is 36.2 Å². The molecule has 0 radical (unpaired) electrons. The Bertz CT molecular complexity index is 1640. The summed E-state index contributed by atoms with van der Waals surface area (Å²) in [6.45, 7) is 14.2. The van der Waals surface area contributed by atoms with Crippen molar-refractivity contribution in [3.05, 3.63) is 94.6 Å². The van der Waals surface area contributed by atoms with Crippen LogP contribution in [0.3, 0.4) is 0 Å². The van der Waals surface area contributed by atoms with Gasteiger partial charge in [0.2, 0.25) is 0 Å². The first-order valence-electron chi connectivity index (χ1n) is 18.9. The predicted octanol–water partition coefficient (Wildman–Crippen LogP) is 4.23. The van der Waals surface area contributed by atoms with Gasteiger partial charge in [-0.25, -0.2) is 10.3 Å². The Morgan fingerprint density at radius 2 is 1.73 bits per heavy atom. The van der Waals surface area contributed by atoms with Crippen molar-refractivity contribution >= 4 is 29.4 Å². The maximum atomic E-state index is 12.8. The molecule has 14 nitrogen and oxygen atoms in total. The largest absolute Gasteiger partial charge is 0.478 e. The topological polar surface area (TPSA) is 211 Å². The molecule has 3 atom stereocenters. The molecule has 308 valence electrons. The third kappa shape index (κ3) is 18.2. The number of ether oxygens (including phenoxy) is 1. The summed E-state index contributed by atoms with van der Waals surface area (Å²) in [5, 5.41) is 28.9. The summed E-state index contributed by atoms with van der Waals surface area (Å²) in [7, 11) is 0. The van der Waals surface area contributed by atoms with E-state index in [2.05, 4.69) is 41.2 Å². The second-order valence-electron chi connectivity index (χ2n) is 14.8. The highest BCUT2D eigenvalue weighted by molar-refractivity contribution is 6.01. The summed E-state index contributed by atoms with van der Waals surface area (Å²) in [6, 6.07) is 7.47. The molecule has 1 aliphatic rings. The number of hydrogen-bond acceptors (Lipinski definition) is 10. The van der Waals surface area contributed by atoms with E-state index in [-0.39, 0.29) is 50.2 Å². The van der Waals surface area contributed by atoms with Crippen LogP contribution in [0.2, 0.25) is 0 Å². The van der Waals surface area contributed by atoms with Gasteiger partial charge in [0.1, 0.15) is 12.1 Å². The summed E-state index contributed by atoms with van der Waals surface area (Å²) in [5.74, 6) is -2.58. The lowest BCUT2D eigenvalue weighted by molar-refractivity contribution is -0.142. The molecule has 3 amide bonds. The number of nitrogens with two attached hydrogens (primary N) is 1. The van der Waals surface area contributed by atoms with E-state index >= 15 is 0 Å². The minimum atomic E-state index is -1.50. The first-order valence-corrected chi connectivity index (χ1v) is 18.9. The highest BCUT2D eigenvalue weighted by Crippen LogP contribution is 2.40. The van der Waals surface area contributed by atoms with Crippen LogP contribution in [0.5, 0.6) is 0 Å². The number of aliphatic hydroxyl groups excluding tert-OH is 1. The van der Waals surface area contributed by atoms with Crippen LogP contribution in [0, 0.1) is 11.3 Å². The van der Waals surface area contributed by atoms with Crippen LogP contribution >= 0.6 is 0 Å². The molecular formula is C42H61N5O9. The third-order valence-corrected chi connectivity index (χ3v) is 8.91. The van der Waals surface area contributed by atoms with Crippen molar-refractivity contribution in [3.8, 4) is 0 Å². The monoisotopic (exact) mass is 779 g/mol. The minimum absolute atomic E-state index is 0.0207. The van der Waals surface area contributed by atoms with Gasteiger partial charge >= 0.3 is 5.97 Å². The molecule has 1 aromatic carbocycles. The SMILES string of the molecule is CC(C=CC1=C(C)C(=NOCC(=O)NCCOCCONC(=O)C(CC(C)C)NC(=O)C(O)C(N)Cc2ccccc2)CCC1(C)C)=CC=CC(C)=CC(=O)O. The third-order valence-electron chi connectivity index (χ3n) is 8.91. The van der Waals surface area contributed by atoms with Crippen LogP contribution in [-0.4, -0.2) is 90.8 Å². The molecule has 3 unspecified atom stereocenters.